The Balaban J connectivity index is 1.72. The first-order valence-electron chi connectivity index (χ1n) is 10.6. The third-order valence-corrected chi connectivity index (χ3v) is 5.04. The van der Waals surface area contributed by atoms with Crippen molar-refractivity contribution >= 4 is 25.0 Å². The first-order valence-corrected chi connectivity index (χ1v) is 10.6. The quantitative estimate of drug-likeness (QED) is 0.225. The average molecular weight is 455 g/mol. The summed E-state index contributed by atoms with van der Waals surface area (Å²) in [5, 5.41) is 30.8. The van der Waals surface area contributed by atoms with Crippen LogP contribution in [0.15, 0.2) is 42.6 Å². The largest absolute Gasteiger partial charge is 0.547 e. The van der Waals surface area contributed by atoms with Crippen LogP contribution in [0.5, 0.6) is 5.75 Å². The van der Waals surface area contributed by atoms with Crippen molar-refractivity contribution in [3.63, 3.8) is 0 Å². The molecule has 0 saturated heterocycles. The number of rotatable bonds is 9. The second-order valence-electron chi connectivity index (χ2n) is 7.37. The Kier molecular flexibility index (Phi) is 8.22. The van der Waals surface area contributed by atoms with Crippen LogP contribution in [-0.4, -0.2) is 65.7 Å². The highest BCUT2D eigenvalue weighted by atomic mass is 16.5. The van der Waals surface area contributed by atoms with E-state index in [0.717, 1.165) is 6.54 Å². The number of nitrogens with one attached hydrogen (secondary N) is 4. The summed E-state index contributed by atoms with van der Waals surface area (Å²) in [4.78, 5) is 41.0. The smallest absolute Gasteiger partial charge is 0.534 e. The molecule has 1 aromatic heterocycles. The Bertz CT molecular complexity index is 992. The number of urea groups is 1. The van der Waals surface area contributed by atoms with Crippen molar-refractivity contribution in [1.29, 1.82) is 0 Å². The molecule has 0 fully saturated rings. The Morgan fingerprint density at radius 1 is 1.21 bits per heavy atom. The molecule has 1 aliphatic heterocycles. The van der Waals surface area contributed by atoms with E-state index < -0.39 is 37.0 Å². The van der Waals surface area contributed by atoms with Crippen molar-refractivity contribution in [2.45, 2.75) is 25.3 Å². The molecule has 0 spiro atoms. The molecule has 3 rings (SSSR count). The average Bonchev–Trinajstić information content (AvgIpc) is 2.80. The number of hydrogen-bond acceptors (Lipinski definition) is 7. The molecular weight excluding hydrogens is 429 g/mol. The normalized spacial score (nSPS) is 15.6. The highest BCUT2D eigenvalue weighted by molar-refractivity contribution is 6.47. The highest BCUT2D eigenvalue weighted by Crippen LogP contribution is 2.30. The summed E-state index contributed by atoms with van der Waals surface area (Å²) in [5.41, 5.74) is 0.782. The first-order chi connectivity index (χ1) is 15.9. The molecule has 1 aliphatic rings. The lowest BCUT2D eigenvalue weighted by Crippen LogP contribution is -2.56. The van der Waals surface area contributed by atoms with Gasteiger partial charge in [-0.1, -0.05) is 25.1 Å². The van der Waals surface area contributed by atoms with Crippen molar-refractivity contribution in [3.05, 3.63) is 59.4 Å². The Morgan fingerprint density at radius 3 is 2.73 bits per heavy atom. The minimum Gasteiger partial charge on any atom is -0.534 e. The fraction of sp³-hybridized carbons (Fsp3) is 0.333. The molecule has 2 aromatic rings. The second kappa shape index (κ2) is 11.3. The zero-order valence-corrected chi connectivity index (χ0v) is 18.1. The number of fused-ring (bicyclic) bond motifs is 1. The van der Waals surface area contributed by atoms with Crippen LogP contribution >= 0.6 is 0 Å². The minimum absolute atomic E-state index is 0.0708. The van der Waals surface area contributed by atoms with Gasteiger partial charge in [0.05, 0.1) is 17.2 Å². The van der Waals surface area contributed by atoms with Gasteiger partial charge in [0.1, 0.15) is 5.75 Å². The Labute approximate surface area is 191 Å². The molecule has 33 heavy (non-hydrogen) atoms. The van der Waals surface area contributed by atoms with Gasteiger partial charge in [-0.2, -0.15) is 0 Å². The molecule has 11 nitrogen and oxygen atoms in total. The number of pyridine rings is 1. The van der Waals surface area contributed by atoms with Crippen LogP contribution < -0.4 is 25.9 Å². The molecule has 174 valence electrons. The number of likely N-dealkylation sites (N-methyl/N-ethyl adjacent to an activating group) is 1. The number of benzene rings is 1. The summed E-state index contributed by atoms with van der Waals surface area (Å²) in [5.74, 6) is -2.57. The number of nitrogens with zero attached hydrogens (tertiary/aromatic N) is 1. The summed E-state index contributed by atoms with van der Waals surface area (Å²) in [6, 6.07) is 7.92. The molecule has 0 radical (unpaired) electrons. The summed E-state index contributed by atoms with van der Waals surface area (Å²) in [6.45, 7) is 3.67. The van der Waals surface area contributed by atoms with Gasteiger partial charge in [0.2, 0.25) is 5.91 Å². The number of amides is 3. The van der Waals surface area contributed by atoms with E-state index in [1.807, 2.05) is 6.92 Å². The summed E-state index contributed by atoms with van der Waals surface area (Å²) >= 11 is 0. The Hall–Kier alpha value is -3.64. The molecule has 0 bridgehead atoms. The molecule has 2 atom stereocenters. The van der Waals surface area contributed by atoms with Crippen LogP contribution in [-0.2, 0) is 11.2 Å². The van der Waals surface area contributed by atoms with Crippen LogP contribution in [0.2, 0.25) is 0 Å². The van der Waals surface area contributed by atoms with Crippen molar-refractivity contribution in [1.82, 2.24) is 26.3 Å². The van der Waals surface area contributed by atoms with Crippen molar-refractivity contribution in [2.24, 2.45) is 0 Å². The standard InChI is InChI=1S/C21H26BN5O6/c1-2-23-10-11-25-21(31)27-17(15-8-3-4-9-24-15)19(28)26-16-12-13-6-5-7-14(20(29)30)18(13)33-22(16)32/h3-9,16-17,23,32H,2,10-12H2,1H3,(H,26,28)(H,29,30)(H2,25,27,31). The molecule has 2 heterocycles. The maximum Gasteiger partial charge on any atom is 0.547 e. The van der Waals surface area contributed by atoms with E-state index in [1.54, 1.807) is 30.3 Å². The number of hydrogen-bond donors (Lipinski definition) is 6. The topological polar surface area (TPSA) is 162 Å². The fourth-order valence-electron chi connectivity index (χ4n) is 3.43. The monoisotopic (exact) mass is 455 g/mol. The number of carbonyl (C=O) groups is 3. The second-order valence-corrected chi connectivity index (χ2v) is 7.37. The van der Waals surface area contributed by atoms with Crippen LogP contribution in [0.1, 0.15) is 34.6 Å². The molecule has 0 saturated carbocycles. The van der Waals surface area contributed by atoms with Gasteiger partial charge in [0, 0.05) is 19.3 Å². The predicted molar refractivity (Wildman–Crippen MR) is 120 cm³/mol. The maximum absolute atomic E-state index is 13.1. The lowest BCUT2D eigenvalue weighted by Gasteiger charge is -2.30. The molecule has 3 amide bonds. The molecule has 12 heteroatoms. The fourth-order valence-corrected chi connectivity index (χ4v) is 3.43. The van der Waals surface area contributed by atoms with Gasteiger partial charge in [-0.3, -0.25) is 9.78 Å². The summed E-state index contributed by atoms with van der Waals surface area (Å²) in [6.07, 6.45) is 1.65. The zero-order valence-electron chi connectivity index (χ0n) is 18.1. The highest BCUT2D eigenvalue weighted by Gasteiger charge is 2.39. The van der Waals surface area contributed by atoms with Crippen LogP contribution in [0.25, 0.3) is 0 Å². The first kappa shape index (κ1) is 24.0. The summed E-state index contributed by atoms with van der Waals surface area (Å²) in [7, 11) is -1.47. The zero-order chi connectivity index (χ0) is 23.8. The van der Waals surface area contributed by atoms with Crippen molar-refractivity contribution < 1.29 is 29.2 Å². The van der Waals surface area contributed by atoms with Gasteiger partial charge >= 0.3 is 19.1 Å². The van der Waals surface area contributed by atoms with E-state index in [4.69, 9.17) is 4.65 Å². The van der Waals surface area contributed by atoms with E-state index in [2.05, 4.69) is 26.3 Å². The number of carboxylic acids is 1. The van der Waals surface area contributed by atoms with E-state index in [-0.39, 0.29) is 17.7 Å². The number of carbonyl (C=O) groups excluding carboxylic acids is 2. The minimum atomic E-state index is -1.47. The number of para-hydroxylation sites is 1. The lowest BCUT2D eigenvalue weighted by molar-refractivity contribution is -0.123. The van der Waals surface area contributed by atoms with Crippen molar-refractivity contribution in [2.75, 3.05) is 19.6 Å². The number of carboxylic acid groups (broad SMARTS) is 1. The predicted octanol–water partition coefficient (Wildman–Crippen LogP) is -0.131. The Morgan fingerprint density at radius 2 is 2.03 bits per heavy atom. The van der Waals surface area contributed by atoms with Gasteiger partial charge in [0.15, 0.2) is 6.04 Å². The van der Waals surface area contributed by atoms with Gasteiger partial charge in [0.25, 0.3) is 0 Å². The van der Waals surface area contributed by atoms with Gasteiger partial charge < -0.3 is 36.1 Å². The summed E-state index contributed by atoms with van der Waals surface area (Å²) < 4.78 is 5.42. The SMILES string of the molecule is CCNCCNC(=O)NC(C(=O)NC1Cc2cccc(C(=O)O)c2OB1O)c1ccccn1. The van der Waals surface area contributed by atoms with E-state index in [0.29, 0.717) is 24.3 Å². The molecular formula is C21H26BN5O6. The molecule has 2 unspecified atom stereocenters. The van der Waals surface area contributed by atoms with Gasteiger partial charge in [-0.15, -0.1) is 0 Å². The third kappa shape index (κ3) is 6.21. The van der Waals surface area contributed by atoms with Crippen LogP contribution in [0, 0.1) is 0 Å². The number of aromatic nitrogens is 1. The van der Waals surface area contributed by atoms with Gasteiger partial charge in [-0.25, -0.2) is 9.59 Å². The van der Waals surface area contributed by atoms with Crippen LogP contribution in [0.3, 0.4) is 0 Å². The molecule has 6 N–H and O–H groups in total. The molecule has 0 aliphatic carbocycles. The number of aromatic carboxylic acids is 1. The van der Waals surface area contributed by atoms with Crippen LogP contribution in [0.4, 0.5) is 4.79 Å². The third-order valence-electron chi connectivity index (χ3n) is 5.04. The van der Waals surface area contributed by atoms with E-state index >= 15 is 0 Å². The van der Waals surface area contributed by atoms with Crippen molar-refractivity contribution in [3.8, 4) is 5.75 Å². The lowest BCUT2D eigenvalue weighted by atomic mass is 9.72. The van der Waals surface area contributed by atoms with Gasteiger partial charge in [-0.05, 0) is 36.7 Å². The maximum atomic E-state index is 13.1. The molecule has 1 aromatic carbocycles. The van der Waals surface area contributed by atoms with E-state index in [9.17, 15) is 24.5 Å². The van der Waals surface area contributed by atoms with E-state index in [1.165, 1.54) is 12.3 Å².